The second kappa shape index (κ2) is 8.34. The summed E-state index contributed by atoms with van der Waals surface area (Å²) in [6, 6.07) is 5.41. The van der Waals surface area contributed by atoms with E-state index in [0.29, 0.717) is 0 Å². The summed E-state index contributed by atoms with van der Waals surface area (Å²) in [6.07, 6.45) is 0. The Labute approximate surface area is 222 Å². The van der Waals surface area contributed by atoms with Gasteiger partial charge in [-0.1, -0.05) is 69.6 Å². The summed E-state index contributed by atoms with van der Waals surface area (Å²) in [5.74, 6) is -0.991. The van der Waals surface area contributed by atoms with Gasteiger partial charge in [-0.15, -0.1) is 0 Å². The van der Waals surface area contributed by atoms with Crippen LogP contribution in [0.3, 0.4) is 0 Å². The number of benzene rings is 3. The fourth-order valence-electron chi connectivity index (χ4n) is 4.06. The zero-order chi connectivity index (χ0) is 24.7. The molecule has 0 aliphatic carbocycles. The van der Waals surface area contributed by atoms with Crippen molar-refractivity contribution in [2.75, 3.05) is 0 Å². The number of phenols is 1. The predicted molar refractivity (Wildman–Crippen MR) is 130 cm³/mol. The van der Waals surface area contributed by atoms with E-state index in [1.807, 2.05) is 0 Å². The van der Waals surface area contributed by atoms with Gasteiger partial charge in [0.1, 0.15) is 22.3 Å². The molecule has 176 valence electrons. The minimum Gasteiger partial charge on any atom is -0.508 e. The van der Waals surface area contributed by atoms with Gasteiger partial charge in [-0.3, -0.25) is 5.50 Å². The lowest BCUT2D eigenvalue weighted by atomic mass is 9.77. The number of aromatic hydroxyl groups is 1. The molecule has 2 heterocycles. The van der Waals surface area contributed by atoms with Crippen molar-refractivity contribution in [2.45, 2.75) is 5.60 Å². The van der Waals surface area contributed by atoms with E-state index in [1.54, 1.807) is 0 Å². The molecule has 3 aromatic carbocycles. The fraction of sp³-hybridized carbons (Fsp3) is 0.0500. The van der Waals surface area contributed by atoms with E-state index in [1.165, 1.54) is 24.3 Å². The van der Waals surface area contributed by atoms with Gasteiger partial charge in [0.05, 0.1) is 36.2 Å². The summed E-state index contributed by atoms with van der Waals surface area (Å²) in [5, 5.41) is 9.24. The molecule has 0 amide bonds. The number of halogens is 6. The van der Waals surface area contributed by atoms with Crippen molar-refractivity contribution in [3.63, 3.8) is 0 Å². The highest BCUT2D eigenvalue weighted by Crippen LogP contribution is 2.63. The molecule has 1 spiro atoms. The minimum absolute atomic E-state index is 0.0123. The third-order valence-electron chi connectivity index (χ3n) is 5.31. The third-order valence-corrected chi connectivity index (χ3v) is 8.35. The van der Waals surface area contributed by atoms with Crippen LogP contribution >= 0.6 is 78.1 Å². The molecule has 0 saturated carbocycles. The number of carbonyl (C=O) groups is 1. The molecular formula is C20H8Cl6NO6P. The van der Waals surface area contributed by atoms with Crippen molar-refractivity contribution in [2.24, 2.45) is 5.50 Å². The maximum atomic E-state index is 13.2. The second-order valence-corrected chi connectivity index (χ2v) is 10.2. The topological polar surface area (TPSA) is 111 Å². The number of nitrogens with two attached hydrogens (primary N) is 1. The summed E-state index contributed by atoms with van der Waals surface area (Å²) < 4.78 is 17.1. The maximum absolute atomic E-state index is 13.2. The molecule has 0 saturated heterocycles. The Kier molecular flexibility index (Phi) is 5.97. The van der Waals surface area contributed by atoms with Gasteiger partial charge in [0.2, 0.25) is 0 Å². The molecule has 34 heavy (non-hydrogen) atoms. The molecule has 2 aliphatic rings. The Bertz CT molecular complexity index is 1430. The molecule has 0 aromatic heterocycles. The first kappa shape index (κ1) is 24.3. The largest absolute Gasteiger partial charge is 0.508 e. The molecule has 0 radical (unpaired) electrons. The molecular weight excluding hydrogens is 594 g/mol. The average molecular weight is 602 g/mol. The second-order valence-electron chi connectivity index (χ2n) is 7.13. The number of hydrogen-bond donors (Lipinski definition) is 3. The number of hydrogen-bond acceptors (Lipinski definition) is 7. The quantitative estimate of drug-likeness (QED) is 0.121. The van der Waals surface area contributed by atoms with E-state index in [0.717, 1.165) is 0 Å². The summed E-state index contributed by atoms with van der Waals surface area (Å²) >= 11 is 38.6. The van der Waals surface area contributed by atoms with Crippen LogP contribution in [0.5, 0.6) is 23.0 Å². The Morgan fingerprint density at radius 2 is 1.53 bits per heavy atom. The highest BCUT2D eigenvalue weighted by atomic mass is 35.5. The normalized spacial score (nSPS) is 18.6. The lowest BCUT2D eigenvalue weighted by molar-refractivity contribution is 0.0225. The number of fused-ring (bicyclic) bond motifs is 6. The molecule has 0 bridgehead atoms. The maximum Gasteiger partial charge on any atom is 0.341 e. The summed E-state index contributed by atoms with van der Waals surface area (Å²) in [4.78, 5) is 22.7. The van der Waals surface area contributed by atoms with E-state index >= 15 is 0 Å². The molecule has 2 atom stereocenters. The van der Waals surface area contributed by atoms with E-state index in [9.17, 15) is 14.8 Å². The third kappa shape index (κ3) is 3.27. The zero-order valence-corrected chi connectivity index (χ0v) is 21.6. The van der Waals surface area contributed by atoms with Gasteiger partial charge in [0.25, 0.3) is 0 Å². The molecule has 4 N–H and O–H groups in total. The standard InChI is InChI=1S/C20H8Cl6NO6P/c21-13-9(33-34(27)30)4-8-11(15(13)23)20(6-2-1-5(28)3-7(6)31-8)12-10(19(29)32-20)14(22)17(25)18(26)16(12)24/h1-4,28,30H,27H2. The van der Waals surface area contributed by atoms with E-state index in [4.69, 9.17) is 89.1 Å². The summed E-state index contributed by atoms with van der Waals surface area (Å²) in [5.41, 5.74) is 3.79. The number of rotatable bonds is 2. The predicted octanol–water partition coefficient (Wildman–Crippen LogP) is 7.44. The van der Waals surface area contributed by atoms with Crippen molar-refractivity contribution in [3.05, 3.63) is 76.7 Å². The van der Waals surface area contributed by atoms with Gasteiger partial charge >= 0.3 is 14.5 Å². The Balaban J connectivity index is 1.96. The van der Waals surface area contributed by atoms with Crippen LogP contribution < -0.4 is 14.8 Å². The number of carbonyl (C=O) groups excluding carboxylic acids is 1. The van der Waals surface area contributed by atoms with E-state index in [-0.39, 0.29) is 75.4 Å². The van der Waals surface area contributed by atoms with Crippen LogP contribution in [0.1, 0.15) is 27.0 Å². The van der Waals surface area contributed by atoms with Gasteiger partial charge in [0, 0.05) is 23.3 Å². The van der Waals surface area contributed by atoms with Crippen LogP contribution in [0.25, 0.3) is 0 Å². The minimum atomic E-state index is -2.36. The highest BCUT2D eigenvalue weighted by molar-refractivity contribution is 7.43. The highest BCUT2D eigenvalue weighted by Gasteiger charge is 2.58. The van der Waals surface area contributed by atoms with Crippen LogP contribution in [0.2, 0.25) is 30.1 Å². The fourth-order valence-corrected chi connectivity index (χ4v) is 6.03. The van der Waals surface area contributed by atoms with Gasteiger partial charge in [0.15, 0.2) is 11.4 Å². The van der Waals surface area contributed by atoms with Crippen molar-refractivity contribution in [1.29, 1.82) is 0 Å². The number of esters is 1. The van der Waals surface area contributed by atoms with E-state index < -0.39 is 20.1 Å². The van der Waals surface area contributed by atoms with Crippen LogP contribution in [-0.2, 0) is 10.3 Å². The first-order valence-corrected chi connectivity index (χ1v) is 12.6. The Morgan fingerprint density at radius 3 is 2.21 bits per heavy atom. The van der Waals surface area contributed by atoms with E-state index in [2.05, 4.69) is 0 Å². The van der Waals surface area contributed by atoms with Crippen molar-refractivity contribution >= 4 is 84.1 Å². The van der Waals surface area contributed by atoms with Crippen LogP contribution in [0.4, 0.5) is 0 Å². The molecule has 14 heteroatoms. The van der Waals surface area contributed by atoms with Crippen molar-refractivity contribution in [1.82, 2.24) is 0 Å². The molecule has 2 unspecified atom stereocenters. The lowest BCUT2D eigenvalue weighted by Gasteiger charge is -2.38. The molecule has 0 fully saturated rings. The van der Waals surface area contributed by atoms with Crippen LogP contribution in [-0.4, -0.2) is 16.0 Å². The van der Waals surface area contributed by atoms with Crippen LogP contribution in [0, 0.1) is 0 Å². The molecule has 3 aromatic rings. The van der Waals surface area contributed by atoms with Gasteiger partial charge in [-0.2, -0.15) is 0 Å². The summed E-state index contributed by atoms with van der Waals surface area (Å²) in [6.45, 7) is 0. The monoisotopic (exact) mass is 599 g/mol. The van der Waals surface area contributed by atoms with Crippen molar-refractivity contribution in [3.8, 4) is 23.0 Å². The average Bonchev–Trinajstić information content (AvgIpc) is 3.06. The molecule has 7 nitrogen and oxygen atoms in total. The molecule has 2 aliphatic heterocycles. The summed E-state index contributed by atoms with van der Waals surface area (Å²) in [7, 11) is -2.36. The number of phenolic OH excluding ortho intramolecular Hbond substituents is 1. The Morgan fingerprint density at radius 1 is 0.882 bits per heavy atom. The first-order valence-electron chi connectivity index (χ1n) is 9.04. The lowest BCUT2D eigenvalue weighted by Crippen LogP contribution is -2.34. The number of ether oxygens (including phenoxy) is 2. The van der Waals surface area contributed by atoms with Gasteiger partial charge in [-0.05, 0) is 12.1 Å². The zero-order valence-electron chi connectivity index (χ0n) is 16.1. The van der Waals surface area contributed by atoms with Crippen LogP contribution in [0.15, 0.2) is 24.3 Å². The van der Waals surface area contributed by atoms with Gasteiger partial charge < -0.3 is 24.0 Å². The first-order chi connectivity index (χ1) is 16.0. The smallest absolute Gasteiger partial charge is 0.341 e. The SMILES string of the molecule is NP(O)Oc1cc2c(c(Cl)c1Cl)C1(OC(=O)c3c(Cl)c(Cl)c(Cl)c(Cl)c31)c1ccc(O)cc1O2. The van der Waals surface area contributed by atoms with Gasteiger partial charge in [-0.25, -0.2) is 4.79 Å². The molecule has 5 rings (SSSR count). The Hall–Kier alpha value is -1.38. The van der Waals surface area contributed by atoms with Crippen molar-refractivity contribution < 1.29 is 28.8 Å².